The van der Waals surface area contributed by atoms with Crippen LogP contribution >= 0.6 is 11.8 Å². The molecule has 2 heterocycles. The molecule has 1 atom stereocenters. The average molecular weight is 259 g/mol. The summed E-state index contributed by atoms with van der Waals surface area (Å²) in [6.07, 6.45) is 2.60. The van der Waals surface area contributed by atoms with Gasteiger partial charge in [-0.2, -0.15) is 5.10 Å². The third kappa shape index (κ3) is 2.13. The number of thioether (sulfide) groups is 1. The highest BCUT2D eigenvalue weighted by Gasteiger charge is 2.28. The number of nitrogens with one attached hydrogen (secondary N) is 1. The lowest BCUT2D eigenvalue weighted by atomic mass is 10.1. The Labute approximate surface area is 109 Å². The molecule has 0 radical (unpaired) electrons. The molecule has 0 bridgehead atoms. The van der Waals surface area contributed by atoms with Gasteiger partial charge in [0.25, 0.3) is 0 Å². The van der Waals surface area contributed by atoms with Gasteiger partial charge in [0.2, 0.25) is 5.91 Å². The van der Waals surface area contributed by atoms with E-state index in [4.69, 9.17) is 0 Å². The molecule has 1 unspecified atom stereocenters. The summed E-state index contributed by atoms with van der Waals surface area (Å²) >= 11 is 1.62. The fourth-order valence-corrected chi connectivity index (χ4v) is 3.21. The van der Waals surface area contributed by atoms with Crippen molar-refractivity contribution in [1.82, 2.24) is 9.78 Å². The normalized spacial score (nSPS) is 17.5. The van der Waals surface area contributed by atoms with Crippen molar-refractivity contribution in [1.29, 1.82) is 0 Å². The van der Waals surface area contributed by atoms with Crippen molar-refractivity contribution < 1.29 is 4.79 Å². The highest BCUT2D eigenvalue weighted by atomic mass is 32.2. The fraction of sp³-hybridized carbons (Fsp3) is 0.231. The zero-order chi connectivity index (χ0) is 12.5. The van der Waals surface area contributed by atoms with Crippen molar-refractivity contribution in [2.24, 2.45) is 7.05 Å². The predicted octanol–water partition coefficient (Wildman–Crippen LogP) is 2.08. The molecule has 1 aliphatic heterocycles. The van der Waals surface area contributed by atoms with Crippen LogP contribution in [0.1, 0.15) is 5.56 Å². The van der Waals surface area contributed by atoms with Crippen molar-refractivity contribution in [3.63, 3.8) is 0 Å². The first-order chi connectivity index (χ1) is 8.72. The van der Waals surface area contributed by atoms with E-state index in [0.717, 1.165) is 6.42 Å². The molecule has 1 aromatic heterocycles. The van der Waals surface area contributed by atoms with Crippen LogP contribution in [0.4, 0.5) is 5.82 Å². The van der Waals surface area contributed by atoms with Crippen LogP contribution in [0.3, 0.4) is 0 Å². The van der Waals surface area contributed by atoms with E-state index in [1.165, 1.54) is 10.5 Å². The molecule has 0 aliphatic carbocycles. The van der Waals surface area contributed by atoms with E-state index < -0.39 is 0 Å². The summed E-state index contributed by atoms with van der Waals surface area (Å²) in [7, 11) is 1.83. The summed E-state index contributed by atoms with van der Waals surface area (Å²) in [5.41, 5.74) is 1.25. The van der Waals surface area contributed by atoms with E-state index >= 15 is 0 Å². The van der Waals surface area contributed by atoms with E-state index in [0.29, 0.717) is 5.82 Å². The van der Waals surface area contributed by atoms with Gasteiger partial charge in [-0.1, -0.05) is 18.2 Å². The van der Waals surface area contributed by atoms with Crippen molar-refractivity contribution >= 4 is 23.5 Å². The van der Waals surface area contributed by atoms with Gasteiger partial charge in [0.1, 0.15) is 0 Å². The summed E-state index contributed by atoms with van der Waals surface area (Å²) in [5.74, 6) is 0.633. The van der Waals surface area contributed by atoms with Crippen LogP contribution in [-0.4, -0.2) is 20.9 Å². The first-order valence-corrected chi connectivity index (χ1v) is 6.65. The van der Waals surface area contributed by atoms with Gasteiger partial charge in [-0.15, -0.1) is 11.8 Å². The molecule has 1 aromatic carbocycles. The standard InChI is InChI=1S/C13H13N3OS/c1-16-7-6-12(15-16)14-13(17)11-8-9-4-2-3-5-10(9)18-11/h2-7,11H,8H2,1H3,(H,14,15,17). The Morgan fingerprint density at radius 3 is 3.00 bits per heavy atom. The number of carbonyl (C=O) groups excluding carboxylic acids is 1. The Kier molecular flexibility index (Phi) is 2.83. The van der Waals surface area contributed by atoms with Crippen molar-refractivity contribution in [3.8, 4) is 0 Å². The molecular weight excluding hydrogens is 246 g/mol. The second kappa shape index (κ2) is 4.49. The summed E-state index contributed by atoms with van der Waals surface area (Å²) < 4.78 is 1.67. The van der Waals surface area contributed by atoms with E-state index in [2.05, 4.69) is 22.5 Å². The number of benzene rings is 1. The molecule has 4 nitrogen and oxygen atoms in total. The minimum atomic E-state index is -0.0515. The number of aryl methyl sites for hydroxylation is 1. The average Bonchev–Trinajstić information content (AvgIpc) is 2.95. The predicted molar refractivity (Wildman–Crippen MR) is 71.6 cm³/mol. The molecule has 3 rings (SSSR count). The Bertz CT molecular complexity index is 568. The first kappa shape index (κ1) is 11.3. The van der Waals surface area contributed by atoms with Crippen LogP contribution in [0.25, 0.3) is 0 Å². The van der Waals surface area contributed by atoms with Crippen LogP contribution in [0.5, 0.6) is 0 Å². The van der Waals surface area contributed by atoms with E-state index in [1.807, 2.05) is 25.4 Å². The summed E-state index contributed by atoms with van der Waals surface area (Å²) in [6.45, 7) is 0. The van der Waals surface area contributed by atoms with Gasteiger partial charge in [0.05, 0.1) is 5.25 Å². The maximum absolute atomic E-state index is 12.1. The highest BCUT2D eigenvalue weighted by molar-refractivity contribution is 8.01. The molecule has 18 heavy (non-hydrogen) atoms. The number of nitrogens with zero attached hydrogens (tertiary/aromatic N) is 2. The molecule has 0 fully saturated rings. The minimum absolute atomic E-state index is 0.0231. The molecular formula is C13H13N3OS. The van der Waals surface area contributed by atoms with Gasteiger partial charge in [-0.25, -0.2) is 0 Å². The largest absolute Gasteiger partial charge is 0.308 e. The fourth-order valence-electron chi connectivity index (χ4n) is 2.02. The second-order valence-electron chi connectivity index (χ2n) is 4.28. The molecule has 0 saturated heterocycles. The Morgan fingerprint density at radius 2 is 2.28 bits per heavy atom. The lowest BCUT2D eigenvalue weighted by Crippen LogP contribution is -2.24. The number of hydrogen-bond donors (Lipinski definition) is 1. The van der Waals surface area contributed by atoms with Crippen molar-refractivity contribution in [3.05, 3.63) is 42.1 Å². The number of fused-ring (bicyclic) bond motifs is 1. The van der Waals surface area contributed by atoms with Gasteiger partial charge >= 0.3 is 0 Å². The Morgan fingerprint density at radius 1 is 1.44 bits per heavy atom. The quantitative estimate of drug-likeness (QED) is 0.898. The number of anilines is 1. The van der Waals surface area contributed by atoms with E-state index in [1.54, 1.807) is 22.5 Å². The van der Waals surface area contributed by atoms with Gasteiger partial charge in [0.15, 0.2) is 5.82 Å². The van der Waals surface area contributed by atoms with Crippen molar-refractivity contribution in [2.75, 3.05) is 5.32 Å². The molecule has 2 aromatic rings. The molecule has 0 spiro atoms. The minimum Gasteiger partial charge on any atom is -0.308 e. The number of rotatable bonds is 2. The second-order valence-corrected chi connectivity index (χ2v) is 5.53. The van der Waals surface area contributed by atoms with Gasteiger partial charge < -0.3 is 5.32 Å². The Hall–Kier alpha value is -1.75. The molecule has 1 aliphatic rings. The third-order valence-corrected chi connectivity index (χ3v) is 4.22. The third-order valence-electron chi connectivity index (χ3n) is 2.90. The lowest BCUT2D eigenvalue weighted by Gasteiger charge is -2.07. The van der Waals surface area contributed by atoms with Crippen molar-refractivity contribution in [2.45, 2.75) is 16.6 Å². The maximum Gasteiger partial charge on any atom is 0.239 e. The SMILES string of the molecule is Cn1ccc(NC(=O)C2Cc3ccccc3S2)n1. The molecule has 1 amide bonds. The van der Waals surface area contributed by atoms with Crippen LogP contribution in [0, 0.1) is 0 Å². The number of aromatic nitrogens is 2. The topological polar surface area (TPSA) is 46.9 Å². The summed E-state index contributed by atoms with van der Waals surface area (Å²) in [5, 5.41) is 6.94. The van der Waals surface area contributed by atoms with Crippen LogP contribution < -0.4 is 5.32 Å². The van der Waals surface area contributed by atoms with Crippen LogP contribution in [0.15, 0.2) is 41.4 Å². The Balaban J connectivity index is 1.69. The summed E-state index contributed by atoms with van der Waals surface area (Å²) in [4.78, 5) is 13.3. The van der Waals surface area contributed by atoms with Crippen LogP contribution in [-0.2, 0) is 18.3 Å². The number of amides is 1. The first-order valence-electron chi connectivity index (χ1n) is 5.77. The molecule has 92 valence electrons. The number of hydrogen-bond acceptors (Lipinski definition) is 3. The zero-order valence-corrected chi connectivity index (χ0v) is 10.8. The molecule has 1 N–H and O–H groups in total. The summed E-state index contributed by atoms with van der Waals surface area (Å²) in [6, 6.07) is 9.96. The van der Waals surface area contributed by atoms with E-state index in [9.17, 15) is 4.79 Å². The smallest absolute Gasteiger partial charge is 0.239 e. The van der Waals surface area contributed by atoms with Gasteiger partial charge in [-0.05, 0) is 18.1 Å². The van der Waals surface area contributed by atoms with Gasteiger partial charge in [0, 0.05) is 24.2 Å². The molecule has 5 heteroatoms. The zero-order valence-electron chi connectivity index (χ0n) is 9.96. The molecule has 0 saturated carbocycles. The van der Waals surface area contributed by atoms with Gasteiger partial charge in [-0.3, -0.25) is 9.48 Å². The number of carbonyl (C=O) groups is 1. The highest BCUT2D eigenvalue weighted by Crippen LogP contribution is 2.37. The van der Waals surface area contributed by atoms with Crippen LogP contribution in [0.2, 0.25) is 0 Å². The lowest BCUT2D eigenvalue weighted by molar-refractivity contribution is -0.115. The monoisotopic (exact) mass is 259 g/mol. The van der Waals surface area contributed by atoms with E-state index in [-0.39, 0.29) is 11.2 Å². The maximum atomic E-state index is 12.1.